The average molecular weight is 521 g/mol. The Morgan fingerprint density at radius 1 is 1.29 bits per heavy atom. The van der Waals surface area contributed by atoms with Crippen molar-refractivity contribution >= 4 is 40.7 Å². The van der Waals surface area contributed by atoms with E-state index in [0.717, 1.165) is 5.57 Å². The summed E-state index contributed by atoms with van der Waals surface area (Å²) in [4.78, 5) is 37.7. The van der Waals surface area contributed by atoms with E-state index >= 15 is 0 Å². The number of aliphatic hydroxyl groups excluding tert-OH is 1. The fourth-order valence-electron chi connectivity index (χ4n) is 8.09. The van der Waals surface area contributed by atoms with Crippen LogP contribution >= 0.6 is 23.2 Å². The maximum Gasteiger partial charge on any atom is 0.375 e. The van der Waals surface area contributed by atoms with Crippen LogP contribution in [0.1, 0.15) is 57.0 Å². The van der Waals surface area contributed by atoms with Crippen LogP contribution in [-0.4, -0.2) is 45.1 Å². The molecule has 0 aliphatic heterocycles. The summed E-state index contributed by atoms with van der Waals surface area (Å²) < 4.78 is 11.3. The molecule has 8 heteroatoms. The Hall–Kier alpha value is -1.89. The summed E-state index contributed by atoms with van der Waals surface area (Å²) in [5.41, 5.74) is -2.20. The first-order valence-electron chi connectivity index (χ1n) is 12.1. The Morgan fingerprint density at radius 3 is 2.69 bits per heavy atom. The predicted molar refractivity (Wildman–Crippen MR) is 130 cm³/mol. The van der Waals surface area contributed by atoms with Gasteiger partial charge in [0.15, 0.2) is 17.2 Å². The fourth-order valence-corrected chi connectivity index (χ4v) is 8.81. The molecule has 35 heavy (non-hydrogen) atoms. The van der Waals surface area contributed by atoms with Crippen molar-refractivity contribution in [1.82, 2.24) is 0 Å². The van der Waals surface area contributed by atoms with Gasteiger partial charge in [0.1, 0.15) is 0 Å². The summed E-state index contributed by atoms with van der Waals surface area (Å²) in [5, 5.41) is 11.8. The highest BCUT2D eigenvalue weighted by atomic mass is 35.5. The Bertz CT molecular complexity index is 1140. The third-order valence-corrected chi connectivity index (χ3v) is 10.9. The first-order chi connectivity index (χ1) is 16.5. The molecule has 1 aromatic rings. The minimum atomic E-state index is -1.53. The second kappa shape index (κ2) is 8.06. The van der Waals surface area contributed by atoms with Crippen molar-refractivity contribution in [2.24, 2.45) is 28.6 Å². The van der Waals surface area contributed by atoms with E-state index in [9.17, 15) is 19.5 Å². The van der Waals surface area contributed by atoms with E-state index in [-0.39, 0.29) is 47.4 Å². The van der Waals surface area contributed by atoms with Gasteiger partial charge in [-0.3, -0.25) is 9.59 Å². The summed E-state index contributed by atoms with van der Waals surface area (Å²) in [6.07, 6.45) is 7.44. The zero-order valence-electron chi connectivity index (χ0n) is 20.1. The number of ketones is 2. The SMILES string of the molecule is C[C@@H]1C[C@H]2[C@@H]3CCC4=CC(=O)C=C[C@]4(C)[C@@]3(Cl)[C@@H](O)C[C@]2(C)[C@]1(OC(=O)c1ccco1)C(=O)CCl. The molecule has 1 N–H and O–H groups in total. The van der Waals surface area contributed by atoms with Gasteiger partial charge in [0.25, 0.3) is 0 Å². The third kappa shape index (κ3) is 3.02. The van der Waals surface area contributed by atoms with Crippen LogP contribution in [0.5, 0.6) is 0 Å². The molecule has 8 atom stereocenters. The predicted octanol–water partition coefficient (Wildman–Crippen LogP) is 4.87. The first-order valence-corrected chi connectivity index (χ1v) is 13.0. The zero-order chi connectivity index (χ0) is 25.4. The molecule has 188 valence electrons. The fraction of sp³-hybridized carbons (Fsp3) is 0.593. The van der Waals surface area contributed by atoms with Crippen LogP contribution in [0.25, 0.3) is 0 Å². The van der Waals surface area contributed by atoms with Gasteiger partial charge >= 0.3 is 5.97 Å². The van der Waals surface area contributed by atoms with Crippen molar-refractivity contribution < 1.29 is 28.6 Å². The molecule has 4 aliphatic rings. The second-order valence-corrected chi connectivity index (χ2v) is 12.0. The van der Waals surface area contributed by atoms with E-state index in [4.69, 9.17) is 32.4 Å². The topological polar surface area (TPSA) is 93.8 Å². The molecule has 0 aromatic carbocycles. The number of furan rings is 1. The molecule has 5 rings (SSSR count). The van der Waals surface area contributed by atoms with Crippen LogP contribution in [0.15, 0.2) is 46.6 Å². The molecule has 0 radical (unpaired) electrons. The van der Waals surface area contributed by atoms with Gasteiger partial charge in [0, 0.05) is 16.7 Å². The Labute approximate surface area is 214 Å². The van der Waals surface area contributed by atoms with Crippen LogP contribution in [0.4, 0.5) is 0 Å². The first kappa shape index (κ1) is 24.8. The summed E-state index contributed by atoms with van der Waals surface area (Å²) in [6, 6.07) is 3.07. The van der Waals surface area contributed by atoms with Crippen LogP contribution in [0.3, 0.4) is 0 Å². The van der Waals surface area contributed by atoms with Crippen molar-refractivity contribution in [3.05, 3.63) is 48.0 Å². The minimum Gasteiger partial charge on any atom is -0.457 e. The summed E-state index contributed by atoms with van der Waals surface area (Å²) in [5.74, 6) is -2.12. The van der Waals surface area contributed by atoms with E-state index < -0.39 is 33.4 Å². The molecular weight excluding hydrogens is 491 g/mol. The number of fused-ring (bicyclic) bond motifs is 5. The number of halogens is 2. The number of esters is 1. The highest BCUT2D eigenvalue weighted by molar-refractivity contribution is 6.29. The molecule has 4 aliphatic carbocycles. The van der Waals surface area contributed by atoms with Gasteiger partial charge in [-0.15, -0.1) is 23.2 Å². The van der Waals surface area contributed by atoms with Crippen LogP contribution in [-0.2, 0) is 14.3 Å². The van der Waals surface area contributed by atoms with Crippen molar-refractivity contribution in [1.29, 1.82) is 0 Å². The molecule has 6 nitrogen and oxygen atoms in total. The van der Waals surface area contributed by atoms with Crippen molar-refractivity contribution in [2.45, 2.75) is 63.0 Å². The minimum absolute atomic E-state index is 0.00557. The second-order valence-electron chi connectivity index (χ2n) is 11.1. The lowest BCUT2D eigenvalue weighted by molar-refractivity contribution is -0.177. The van der Waals surface area contributed by atoms with E-state index in [1.54, 1.807) is 12.1 Å². The lowest BCUT2D eigenvalue weighted by atomic mass is 9.45. The van der Waals surface area contributed by atoms with Gasteiger partial charge in [0.05, 0.1) is 23.1 Å². The Morgan fingerprint density at radius 2 is 2.03 bits per heavy atom. The molecule has 0 saturated heterocycles. The molecule has 1 aromatic heterocycles. The monoisotopic (exact) mass is 520 g/mol. The maximum atomic E-state index is 13.6. The molecule has 0 unspecified atom stereocenters. The number of Topliss-reactive ketones (excluding diaryl/α,β-unsaturated/α-hetero) is 1. The number of aliphatic hydroxyl groups is 1. The number of alkyl halides is 2. The molecule has 0 amide bonds. The summed E-state index contributed by atoms with van der Waals surface area (Å²) >= 11 is 13.6. The zero-order valence-corrected chi connectivity index (χ0v) is 21.6. The quantitative estimate of drug-likeness (QED) is 0.449. The van der Waals surface area contributed by atoms with Crippen molar-refractivity contribution in [3.8, 4) is 0 Å². The number of carbonyl (C=O) groups is 3. The van der Waals surface area contributed by atoms with Crippen LogP contribution in [0.2, 0.25) is 0 Å². The number of allylic oxidation sites excluding steroid dienone is 4. The van der Waals surface area contributed by atoms with E-state index in [1.807, 2.05) is 26.8 Å². The van der Waals surface area contributed by atoms with E-state index in [0.29, 0.717) is 19.3 Å². The highest BCUT2D eigenvalue weighted by Crippen LogP contribution is 2.72. The summed E-state index contributed by atoms with van der Waals surface area (Å²) in [6.45, 7) is 5.81. The highest BCUT2D eigenvalue weighted by Gasteiger charge is 2.76. The number of ether oxygens (including phenoxy) is 1. The van der Waals surface area contributed by atoms with Crippen LogP contribution < -0.4 is 0 Å². The van der Waals surface area contributed by atoms with Crippen molar-refractivity contribution in [3.63, 3.8) is 0 Å². The lowest BCUT2D eigenvalue weighted by Crippen LogP contribution is -2.69. The van der Waals surface area contributed by atoms with Crippen LogP contribution in [0, 0.1) is 28.6 Å². The van der Waals surface area contributed by atoms with Gasteiger partial charge < -0.3 is 14.3 Å². The van der Waals surface area contributed by atoms with Gasteiger partial charge in [-0.05, 0) is 61.8 Å². The van der Waals surface area contributed by atoms with Gasteiger partial charge in [-0.1, -0.05) is 32.4 Å². The lowest BCUT2D eigenvalue weighted by Gasteiger charge is -2.64. The number of carbonyl (C=O) groups excluding carboxylic acids is 3. The maximum absolute atomic E-state index is 13.6. The molecule has 3 saturated carbocycles. The Kier molecular flexibility index (Phi) is 5.71. The van der Waals surface area contributed by atoms with Crippen molar-refractivity contribution in [2.75, 3.05) is 5.88 Å². The largest absolute Gasteiger partial charge is 0.457 e. The van der Waals surface area contributed by atoms with E-state index in [1.165, 1.54) is 18.4 Å². The number of hydrogen-bond donors (Lipinski definition) is 1. The number of rotatable bonds is 4. The smallest absolute Gasteiger partial charge is 0.375 e. The third-order valence-electron chi connectivity index (χ3n) is 9.69. The van der Waals surface area contributed by atoms with E-state index in [2.05, 4.69) is 0 Å². The molecular formula is C27H30Cl2O6. The van der Waals surface area contributed by atoms with Gasteiger partial charge in [-0.2, -0.15) is 0 Å². The standard InChI is InChI=1S/C27H30Cl2O6/c1-15-11-19-18-7-6-16-12-17(30)8-9-24(16,2)26(18,29)21(31)13-25(19,3)27(15,22(32)14-28)35-23(33)20-5-4-10-34-20/h4-5,8-10,12,15,18-19,21,31H,6-7,11,13-14H2,1-3H3/t15-,18+,19+,21+,24+,25+,26+,27-/m1/s1. The summed E-state index contributed by atoms with van der Waals surface area (Å²) in [7, 11) is 0. The molecule has 0 spiro atoms. The Balaban J connectivity index is 1.61. The number of hydrogen-bond acceptors (Lipinski definition) is 6. The molecule has 1 heterocycles. The average Bonchev–Trinajstić information content (AvgIpc) is 3.42. The van der Waals surface area contributed by atoms with Gasteiger partial charge in [0.2, 0.25) is 5.76 Å². The van der Waals surface area contributed by atoms with Gasteiger partial charge in [-0.25, -0.2) is 4.79 Å². The molecule has 0 bridgehead atoms. The molecule has 3 fully saturated rings. The normalized spacial score (nSPS) is 44.2.